The molecule has 0 fully saturated rings. The summed E-state index contributed by atoms with van der Waals surface area (Å²) in [6.07, 6.45) is 25.3. The average Bonchev–Trinajstić information content (AvgIpc) is 3.47. The molecule has 0 aliphatic heterocycles. The molecule has 9 nitrogen and oxygen atoms in total. The maximum atomic E-state index is 15.3. The minimum Gasteiger partial charge on any atom is -0.423 e. The summed E-state index contributed by atoms with van der Waals surface area (Å²) < 4.78 is 52.2. The van der Waals surface area contributed by atoms with E-state index < -0.39 is 47.0 Å². The molecule has 0 aromatic heterocycles. The number of benzene rings is 7. The van der Waals surface area contributed by atoms with Crippen LogP contribution in [0.25, 0.3) is 22.3 Å². The number of hydrogen-bond donors (Lipinski definition) is 0. The number of rotatable bonds is 30. The predicted octanol–water partition coefficient (Wildman–Crippen LogP) is 18.2. The molecule has 0 heterocycles. The first-order chi connectivity index (χ1) is 39.0. The van der Waals surface area contributed by atoms with Gasteiger partial charge in [0, 0.05) is 6.07 Å². The van der Waals surface area contributed by atoms with Crippen LogP contribution in [-0.2, 0) is 12.8 Å². The SMILES string of the molecule is CCCCCCCCCCCc1ccc(-c2ccc(C(=O)Oc3ccc(C(=O)Oc4cc(C#N)cc(OC(=O)c5ccc(OC(=O)c6ccc(-c7ccc(CCCCCCCCCCC)cc7)cc6)c(F)c5)c4)cc3F)cc2)cc1. The van der Waals surface area contributed by atoms with E-state index in [0.29, 0.717) is 0 Å². The van der Waals surface area contributed by atoms with Crippen LogP contribution in [0.3, 0.4) is 0 Å². The molecule has 414 valence electrons. The number of ether oxygens (including phenoxy) is 4. The van der Waals surface area contributed by atoms with Crippen molar-refractivity contribution in [2.75, 3.05) is 0 Å². The van der Waals surface area contributed by atoms with E-state index in [1.54, 1.807) is 48.5 Å². The van der Waals surface area contributed by atoms with Gasteiger partial charge in [-0.3, -0.25) is 0 Å². The van der Waals surface area contributed by atoms with Crippen LogP contribution >= 0.6 is 0 Å². The smallest absolute Gasteiger partial charge is 0.343 e. The maximum absolute atomic E-state index is 15.3. The summed E-state index contributed by atoms with van der Waals surface area (Å²) in [7, 11) is 0. The van der Waals surface area contributed by atoms with Crippen LogP contribution < -0.4 is 18.9 Å². The first-order valence-corrected chi connectivity index (χ1v) is 28.4. The third-order valence-corrected chi connectivity index (χ3v) is 14.1. The molecule has 0 radical (unpaired) electrons. The van der Waals surface area contributed by atoms with Gasteiger partial charge in [-0.15, -0.1) is 0 Å². The second-order valence-corrected chi connectivity index (χ2v) is 20.4. The molecule has 0 amide bonds. The molecule has 7 rings (SSSR count). The number of halogens is 2. The van der Waals surface area contributed by atoms with E-state index in [1.807, 2.05) is 6.07 Å². The number of nitriles is 1. The lowest BCUT2D eigenvalue weighted by molar-refractivity contribution is 0.0716. The second-order valence-electron chi connectivity index (χ2n) is 20.4. The number of esters is 4. The van der Waals surface area contributed by atoms with Gasteiger partial charge >= 0.3 is 23.9 Å². The summed E-state index contributed by atoms with van der Waals surface area (Å²) >= 11 is 0. The van der Waals surface area contributed by atoms with E-state index in [1.165, 1.54) is 151 Å². The van der Waals surface area contributed by atoms with Crippen molar-refractivity contribution in [2.45, 2.75) is 142 Å². The topological polar surface area (TPSA) is 129 Å². The Bertz CT molecular complexity index is 2980. The van der Waals surface area contributed by atoms with E-state index in [2.05, 4.69) is 62.4 Å². The molecule has 7 aromatic carbocycles. The summed E-state index contributed by atoms with van der Waals surface area (Å²) in [6.45, 7) is 4.48. The monoisotopic (exact) mass is 1080 g/mol. The van der Waals surface area contributed by atoms with Gasteiger partial charge in [0.05, 0.1) is 33.9 Å². The quantitative estimate of drug-likeness (QED) is 0.0245. The summed E-state index contributed by atoms with van der Waals surface area (Å²) in [5, 5.41) is 9.69. The van der Waals surface area contributed by atoms with Crippen molar-refractivity contribution < 1.29 is 46.9 Å². The number of nitrogens with zero attached hydrogens (tertiary/aromatic N) is 1. The van der Waals surface area contributed by atoms with Crippen LogP contribution in [0.1, 0.15) is 188 Å². The number of hydrogen-bond acceptors (Lipinski definition) is 9. The van der Waals surface area contributed by atoms with Crippen LogP contribution in [0.4, 0.5) is 8.78 Å². The van der Waals surface area contributed by atoms with Crippen molar-refractivity contribution in [2.24, 2.45) is 0 Å². The lowest BCUT2D eigenvalue weighted by atomic mass is 10.00. The third-order valence-electron chi connectivity index (χ3n) is 14.1. The normalized spacial score (nSPS) is 10.9. The van der Waals surface area contributed by atoms with Gasteiger partial charge < -0.3 is 18.9 Å². The highest BCUT2D eigenvalue weighted by atomic mass is 19.1. The minimum atomic E-state index is -1.03. The highest BCUT2D eigenvalue weighted by molar-refractivity contribution is 5.94. The van der Waals surface area contributed by atoms with E-state index in [0.717, 1.165) is 65.4 Å². The molecule has 0 atom stereocenters. The molecule has 0 bridgehead atoms. The zero-order chi connectivity index (χ0) is 56.5. The zero-order valence-corrected chi connectivity index (χ0v) is 46.0. The van der Waals surface area contributed by atoms with Gasteiger partial charge in [-0.05, 0) is 132 Å². The predicted molar refractivity (Wildman–Crippen MR) is 309 cm³/mol. The molecule has 0 aliphatic carbocycles. The number of unbranched alkanes of at least 4 members (excludes halogenated alkanes) is 16. The molecular weight excluding hydrogens is 1010 g/mol. The van der Waals surface area contributed by atoms with Gasteiger partial charge in [0.25, 0.3) is 0 Å². The van der Waals surface area contributed by atoms with Crippen LogP contribution in [0.15, 0.2) is 152 Å². The Hall–Kier alpha value is -8.23. The first kappa shape index (κ1) is 59.4. The fourth-order valence-electron chi connectivity index (χ4n) is 9.43. The lowest BCUT2D eigenvalue weighted by Crippen LogP contribution is -2.13. The Balaban J connectivity index is 0.858. The van der Waals surface area contributed by atoms with Gasteiger partial charge in [-0.2, -0.15) is 5.26 Å². The van der Waals surface area contributed by atoms with E-state index in [4.69, 9.17) is 18.9 Å². The molecule has 0 aliphatic rings. The molecule has 11 heteroatoms. The highest BCUT2D eigenvalue weighted by Crippen LogP contribution is 2.29. The minimum absolute atomic E-state index is 0.0592. The highest BCUT2D eigenvalue weighted by Gasteiger charge is 2.20. The fraction of sp³-hybridized carbons (Fsp3) is 0.319. The van der Waals surface area contributed by atoms with Gasteiger partial charge in [0.15, 0.2) is 23.1 Å². The van der Waals surface area contributed by atoms with E-state index in [-0.39, 0.29) is 39.3 Å². The molecular formula is C69H71F2NO8. The summed E-state index contributed by atoms with van der Waals surface area (Å²) in [5.41, 5.74) is 6.23. The average molecular weight is 1080 g/mol. The maximum Gasteiger partial charge on any atom is 0.343 e. The Morgan fingerprint density at radius 3 is 0.988 bits per heavy atom. The summed E-state index contributed by atoms with van der Waals surface area (Å²) in [4.78, 5) is 52.5. The Morgan fingerprint density at radius 2 is 0.662 bits per heavy atom. The van der Waals surface area contributed by atoms with Crippen molar-refractivity contribution >= 4 is 23.9 Å². The third kappa shape index (κ3) is 18.4. The number of carbonyl (C=O) groups is 4. The molecule has 0 N–H and O–H groups in total. The number of carbonyl (C=O) groups excluding carboxylic acids is 4. The van der Waals surface area contributed by atoms with Gasteiger partial charge in [0.2, 0.25) is 0 Å². The molecule has 0 saturated heterocycles. The second kappa shape index (κ2) is 31.4. The first-order valence-electron chi connectivity index (χ1n) is 28.4. The molecule has 0 unspecified atom stereocenters. The van der Waals surface area contributed by atoms with Gasteiger partial charge in [-0.25, -0.2) is 28.0 Å². The van der Waals surface area contributed by atoms with Crippen LogP contribution in [0.2, 0.25) is 0 Å². The molecule has 0 spiro atoms. The van der Waals surface area contributed by atoms with E-state index in [9.17, 15) is 24.4 Å². The van der Waals surface area contributed by atoms with Crippen molar-refractivity contribution in [1.29, 1.82) is 5.26 Å². The molecule has 7 aromatic rings. The fourth-order valence-corrected chi connectivity index (χ4v) is 9.43. The van der Waals surface area contributed by atoms with E-state index >= 15 is 8.78 Å². The molecule has 0 saturated carbocycles. The summed E-state index contributed by atoms with van der Waals surface area (Å²) in [5.74, 6) is -6.95. The van der Waals surface area contributed by atoms with Crippen LogP contribution in [-0.4, -0.2) is 23.9 Å². The Morgan fingerprint density at radius 1 is 0.362 bits per heavy atom. The Labute approximate surface area is 469 Å². The Kier molecular flexibility index (Phi) is 23.3. The van der Waals surface area contributed by atoms with Crippen LogP contribution in [0.5, 0.6) is 23.0 Å². The van der Waals surface area contributed by atoms with Crippen LogP contribution in [0, 0.1) is 23.0 Å². The zero-order valence-electron chi connectivity index (χ0n) is 46.0. The van der Waals surface area contributed by atoms with Crippen molar-refractivity contribution in [3.8, 4) is 51.3 Å². The van der Waals surface area contributed by atoms with Crippen molar-refractivity contribution in [1.82, 2.24) is 0 Å². The number of aryl methyl sites for hydroxylation is 2. The van der Waals surface area contributed by atoms with Crippen molar-refractivity contribution in [3.63, 3.8) is 0 Å². The lowest BCUT2D eigenvalue weighted by Gasteiger charge is -2.11. The van der Waals surface area contributed by atoms with Gasteiger partial charge in [-0.1, -0.05) is 189 Å². The van der Waals surface area contributed by atoms with Crippen molar-refractivity contribution in [3.05, 3.63) is 202 Å². The summed E-state index contributed by atoms with van der Waals surface area (Å²) in [6, 6.07) is 42.2. The standard InChI is InChI=1S/C69H71F2NO8/c1-3-5-7-9-11-13-15-17-19-21-49-23-27-52(28-24-49)54-31-35-56(36-32-54)66(73)79-64-41-39-58(45-62(64)70)68(75)77-60-43-51(48-72)44-61(47-60)78-69(76)59-40-42-65(63(71)46-59)80-67(74)57-37-33-55(34-38-57)53-29-25-50(26-30-53)22-20-18-16-14-12-10-8-6-4-2/h23-47H,3-22H2,1-2H3. The molecule has 80 heavy (non-hydrogen) atoms. The largest absolute Gasteiger partial charge is 0.423 e. The van der Waals surface area contributed by atoms with Gasteiger partial charge in [0.1, 0.15) is 11.5 Å².